The van der Waals surface area contributed by atoms with Crippen LogP contribution in [0.1, 0.15) is 17.3 Å². The van der Waals surface area contributed by atoms with Crippen LogP contribution in [-0.2, 0) is 14.2 Å². The summed E-state index contributed by atoms with van der Waals surface area (Å²) >= 11 is 0. The summed E-state index contributed by atoms with van der Waals surface area (Å²) in [5, 5.41) is 5.96. The molecule has 3 heterocycles. The quantitative estimate of drug-likeness (QED) is 0.479. The smallest absolute Gasteiger partial charge is 0.412 e. The van der Waals surface area contributed by atoms with Gasteiger partial charge in [-0.05, 0) is 61.5 Å². The molecule has 2 aliphatic rings. The van der Waals surface area contributed by atoms with Gasteiger partial charge in [0.15, 0.2) is 11.9 Å². The highest BCUT2D eigenvalue weighted by Gasteiger charge is 2.49. The number of methoxy groups -OCH3 is 1. The van der Waals surface area contributed by atoms with Gasteiger partial charge in [-0.2, -0.15) is 0 Å². The Kier molecular flexibility index (Phi) is 6.79. The number of benzene rings is 2. The molecule has 1 aromatic heterocycles. The number of hydrogen-bond acceptors (Lipinski definition) is 9. The van der Waals surface area contributed by atoms with Gasteiger partial charge in [-0.3, -0.25) is 10.1 Å². The van der Waals surface area contributed by atoms with Gasteiger partial charge in [0.1, 0.15) is 18.0 Å². The molecule has 2 saturated heterocycles. The zero-order chi connectivity index (χ0) is 25.1. The van der Waals surface area contributed by atoms with E-state index in [9.17, 15) is 9.59 Å². The van der Waals surface area contributed by atoms with E-state index >= 15 is 0 Å². The van der Waals surface area contributed by atoms with Gasteiger partial charge in [0.05, 0.1) is 32.1 Å². The number of ether oxygens (including phenoxy) is 4. The standard InChI is InChI=1S/C26H26N4O6/c1-15(31)16-3-7-18(8-4-16)28-26(32)36-22-14-35-23-21(13-34-24(22)23)30-25-27-12-11-20(29-25)17-5-9-19(33-2)10-6-17/h3-12,21-24H,13-14H2,1-2H3,(H,28,32)(H,27,29,30)/t21-,22-,23-,24+/m0/s1. The van der Waals surface area contributed by atoms with Crippen molar-refractivity contribution in [1.82, 2.24) is 9.97 Å². The fourth-order valence-electron chi connectivity index (χ4n) is 4.28. The Morgan fingerprint density at radius 2 is 1.72 bits per heavy atom. The predicted molar refractivity (Wildman–Crippen MR) is 131 cm³/mol. The molecule has 2 N–H and O–H groups in total. The van der Waals surface area contributed by atoms with Gasteiger partial charge in [-0.1, -0.05) is 0 Å². The second-order valence-corrected chi connectivity index (χ2v) is 8.54. The third kappa shape index (κ3) is 5.14. The predicted octanol–water partition coefficient (Wildman–Crippen LogP) is 3.55. The van der Waals surface area contributed by atoms with Gasteiger partial charge in [-0.15, -0.1) is 0 Å². The molecule has 5 rings (SSSR count). The minimum Gasteiger partial charge on any atom is -0.497 e. The summed E-state index contributed by atoms with van der Waals surface area (Å²) in [4.78, 5) is 32.8. The number of nitrogens with one attached hydrogen (secondary N) is 2. The van der Waals surface area contributed by atoms with Crippen LogP contribution in [0.4, 0.5) is 16.4 Å². The van der Waals surface area contributed by atoms with Crippen molar-refractivity contribution in [3.05, 3.63) is 66.4 Å². The molecule has 0 bridgehead atoms. The number of rotatable bonds is 7. The van der Waals surface area contributed by atoms with Gasteiger partial charge in [0.25, 0.3) is 0 Å². The Balaban J connectivity index is 1.17. The molecule has 4 atom stereocenters. The van der Waals surface area contributed by atoms with E-state index in [0.717, 1.165) is 17.0 Å². The molecule has 186 valence electrons. The maximum atomic E-state index is 12.4. The zero-order valence-corrected chi connectivity index (χ0v) is 19.8. The highest BCUT2D eigenvalue weighted by Crippen LogP contribution is 2.31. The van der Waals surface area contributed by atoms with E-state index in [1.165, 1.54) is 6.92 Å². The van der Waals surface area contributed by atoms with E-state index in [1.54, 1.807) is 37.6 Å². The third-order valence-electron chi connectivity index (χ3n) is 6.16. The minimum atomic E-state index is -0.615. The number of fused-ring (bicyclic) bond motifs is 1. The number of hydrogen-bond donors (Lipinski definition) is 2. The molecule has 0 aliphatic carbocycles. The second-order valence-electron chi connectivity index (χ2n) is 8.54. The molecule has 0 unspecified atom stereocenters. The lowest BCUT2D eigenvalue weighted by molar-refractivity contribution is 0.00917. The van der Waals surface area contributed by atoms with Crippen LogP contribution in [0.2, 0.25) is 0 Å². The van der Waals surface area contributed by atoms with Gasteiger partial charge >= 0.3 is 6.09 Å². The van der Waals surface area contributed by atoms with Crippen molar-refractivity contribution in [2.75, 3.05) is 31.0 Å². The van der Waals surface area contributed by atoms with Crippen LogP contribution in [0.5, 0.6) is 5.75 Å². The fraction of sp³-hybridized carbons (Fsp3) is 0.308. The molecule has 2 aliphatic heterocycles. The Hall–Kier alpha value is -4.02. The summed E-state index contributed by atoms with van der Waals surface area (Å²) in [5.74, 6) is 1.19. The van der Waals surface area contributed by atoms with E-state index < -0.39 is 18.3 Å². The highest BCUT2D eigenvalue weighted by atomic mass is 16.6. The molecule has 1 amide bonds. The summed E-state index contributed by atoms with van der Waals surface area (Å²) in [6.45, 7) is 2.07. The maximum absolute atomic E-state index is 12.4. The summed E-state index contributed by atoms with van der Waals surface area (Å²) in [5.41, 5.74) is 2.81. The molecule has 0 spiro atoms. The van der Waals surface area contributed by atoms with Crippen LogP contribution in [-0.4, -0.2) is 66.5 Å². The SMILES string of the molecule is COc1ccc(-c2ccnc(N[C@H]3CO[C@H]4[C@H]3OC[C@@H]4OC(=O)Nc3ccc(C(C)=O)cc3)n2)cc1. The number of aromatic nitrogens is 2. The Bertz CT molecular complexity index is 1230. The first kappa shape index (κ1) is 23.7. The van der Waals surface area contributed by atoms with Crippen LogP contribution >= 0.6 is 0 Å². The number of anilines is 2. The van der Waals surface area contributed by atoms with Gasteiger partial charge in [-0.25, -0.2) is 14.8 Å². The average Bonchev–Trinajstić information content (AvgIpc) is 3.48. The second kappa shape index (κ2) is 10.3. The number of ketones is 1. The molecule has 0 saturated carbocycles. The average molecular weight is 491 g/mol. The van der Waals surface area contributed by atoms with Gasteiger partial charge in [0, 0.05) is 23.0 Å². The van der Waals surface area contributed by atoms with Gasteiger partial charge < -0.3 is 24.3 Å². The first-order valence-corrected chi connectivity index (χ1v) is 11.6. The van der Waals surface area contributed by atoms with Crippen molar-refractivity contribution < 1.29 is 28.5 Å². The zero-order valence-electron chi connectivity index (χ0n) is 19.8. The highest BCUT2D eigenvalue weighted by molar-refractivity contribution is 5.95. The van der Waals surface area contributed by atoms with Crippen LogP contribution in [0.3, 0.4) is 0 Å². The fourth-order valence-corrected chi connectivity index (χ4v) is 4.28. The molecule has 10 heteroatoms. The normalized spacial score (nSPS) is 22.5. The van der Waals surface area contributed by atoms with Crippen molar-refractivity contribution >= 4 is 23.5 Å². The summed E-state index contributed by atoms with van der Waals surface area (Å²) in [7, 11) is 1.63. The molecule has 36 heavy (non-hydrogen) atoms. The summed E-state index contributed by atoms with van der Waals surface area (Å²) in [6, 6.07) is 15.9. The monoisotopic (exact) mass is 490 g/mol. The molecule has 10 nitrogen and oxygen atoms in total. The van der Waals surface area contributed by atoms with Crippen molar-refractivity contribution in [1.29, 1.82) is 0 Å². The number of Topliss-reactive ketones (excluding diaryl/α,β-unsaturated/α-hetero) is 1. The topological polar surface area (TPSA) is 121 Å². The van der Waals surface area contributed by atoms with Crippen molar-refractivity contribution in [2.45, 2.75) is 31.3 Å². The van der Waals surface area contributed by atoms with E-state index in [1.807, 2.05) is 30.3 Å². The molecular formula is C26H26N4O6. The number of amides is 1. The Morgan fingerprint density at radius 3 is 2.44 bits per heavy atom. The van der Waals surface area contributed by atoms with Crippen molar-refractivity contribution in [3.8, 4) is 17.0 Å². The third-order valence-corrected chi connectivity index (χ3v) is 6.16. The molecule has 2 aromatic carbocycles. The Morgan fingerprint density at radius 1 is 0.972 bits per heavy atom. The lowest BCUT2D eigenvalue weighted by Crippen LogP contribution is -2.38. The minimum absolute atomic E-state index is 0.0438. The number of carbonyl (C=O) groups is 2. The first-order chi connectivity index (χ1) is 17.5. The lowest BCUT2D eigenvalue weighted by atomic mass is 10.1. The van der Waals surface area contributed by atoms with E-state index in [4.69, 9.17) is 18.9 Å². The van der Waals surface area contributed by atoms with E-state index in [-0.39, 0.29) is 24.5 Å². The Labute approximate surface area is 207 Å². The molecule has 3 aromatic rings. The van der Waals surface area contributed by atoms with E-state index in [2.05, 4.69) is 20.6 Å². The van der Waals surface area contributed by atoms with Crippen molar-refractivity contribution in [2.24, 2.45) is 0 Å². The van der Waals surface area contributed by atoms with Crippen LogP contribution in [0, 0.1) is 0 Å². The van der Waals surface area contributed by atoms with Crippen LogP contribution in [0.25, 0.3) is 11.3 Å². The molecule has 2 fully saturated rings. The number of carbonyl (C=O) groups excluding carboxylic acids is 2. The molecule has 0 radical (unpaired) electrons. The van der Waals surface area contributed by atoms with E-state index in [0.29, 0.717) is 23.8 Å². The number of nitrogens with zero attached hydrogens (tertiary/aromatic N) is 2. The summed E-state index contributed by atoms with van der Waals surface area (Å²) in [6.07, 6.45) is -0.194. The van der Waals surface area contributed by atoms with Crippen LogP contribution in [0.15, 0.2) is 60.8 Å². The van der Waals surface area contributed by atoms with Crippen molar-refractivity contribution in [3.63, 3.8) is 0 Å². The van der Waals surface area contributed by atoms with Gasteiger partial charge in [0.2, 0.25) is 5.95 Å². The lowest BCUT2D eigenvalue weighted by Gasteiger charge is -2.18. The van der Waals surface area contributed by atoms with Crippen LogP contribution < -0.4 is 15.4 Å². The summed E-state index contributed by atoms with van der Waals surface area (Å²) < 4.78 is 22.6. The maximum Gasteiger partial charge on any atom is 0.412 e. The largest absolute Gasteiger partial charge is 0.497 e. The molecular weight excluding hydrogens is 464 g/mol. The first-order valence-electron chi connectivity index (χ1n) is 11.6.